The minimum atomic E-state index is -1.11. The van der Waals surface area contributed by atoms with Gasteiger partial charge in [0.15, 0.2) is 11.6 Å². The van der Waals surface area contributed by atoms with Gasteiger partial charge in [0.05, 0.1) is 47.2 Å². The number of nitrogens with zero attached hydrogens (tertiary/aromatic N) is 11. The van der Waals surface area contributed by atoms with Gasteiger partial charge in [-0.3, -0.25) is 4.79 Å². The smallest absolute Gasteiger partial charge is 0.335 e. The molecule has 87 heavy (non-hydrogen) atoms. The number of para-hydroxylation sites is 2. The predicted octanol–water partition coefficient (Wildman–Crippen LogP) is 9.49. The summed E-state index contributed by atoms with van der Waals surface area (Å²) < 4.78 is 59.4. The molecular formula is C61H57F4N17O5. The standard InChI is InChI=1S/C31H28F2N8O2.C24H24F2N6O3.C6H5N3/c1-18-7-10-20(29(42)37-21-11-8-19(16-34)9-12-21)15-22(18)26-23-17-36-31(43)41(27-24(32)5-4-6-25(27)33)28(23)39-30(38-26)35-13-14-40(2)3;1-13-7-8-14(22(33)34)11-15(13)19-16-12-28-24(35)32(20-17(25)5-4-6-18(20)26)21(16)30-23(29-19)27-9-10-31(2)3;7-3-5-1-2-6(8)9-4-5/h4-12,15H,13-14,17H2,1-3H3,(H,36,43)(H,37,42)(H,35,38,39);4-8,11H,9-10,12H2,1-3H3,(H,28,35)(H,33,34)(H,27,29,30);1-2,4H,(H2,8,9). The number of benzene rings is 5. The molecule has 3 aromatic heterocycles. The van der Waals surface area contributed by atoms with Gasteiger partial charge in [-0.25, -0.2) is 56.7 Å². The number of carboxylic acids is 1. The number of nitrogens with one attached hydrogen (secondary N) is 5. The molecule has 0 saturated carbocycles. The molecule has 8 aromatic rings. The number of hydrogen-bond acceptors (Lipinski definition) is 16. The zero-order valence-corrected chi connectivity index (χ0v) is 47.8. The Morgan fingerprint density at radius 1 is 0.632 bits per heavy atom. The molecule has 2 aliphatic rings. The minimum absolute atomic E-state index is 0.00481. The van der Waals surface area contributed by atoms with Crippen molar-refractivity contribution < 1.29 is 41.8 Å². The van der Waals surface area contributed by atoms with Crippen LogP contribution in [0.25, 0.3) is 22.5 Å². The Morgan fingerprint density at radius 2 is 1.07 bits per heavy atom. The molecule has 8 N–H and O–H groups in total. The second-order valence-electron chi connectivity index (χ2n) is 20.1. The van der Waals surface area contributed by atoms with Crippen LogP contribution in [0.1, 0.15) is 54.1 Å². The number of nitrogens with two attached hydrogens (primary N) is 1. The summed E-state index contributed by atoms with van der Waals surface area (Å²) in [6.07, 6.45) is 1.44. The number of nitriles is 2. The van der Waals surface area contributed by atoms with E-state index < -0.39 is 52.7 Å². The van der Waals surface area contributed by atoms with Gasteiger partial charge in [-0.05, 0) is 138 Å². The van der Waals surface area contributed by atoms with Gasteiger partial charge in [0.1, 0.15) is 46.5 Å². The molecule has 22 nitrogen and oxygen atoms in total. The molecule has 5 amide bonds. The molecule has 0 radical (unpaired) electrons. The summed E-state index contributed by atoms with van der Waals surface area (Å²) in [6.45, 7) is 5.84. The largest absolute Gasteiger partial charge is 0.478 e. The molecule has 0 unspecified atom stereocenters. The fourth-order valence-electron chi connectivity index (χ4n) is 8.86. The highest BCUT2D eigenvalue weighted by atomic mass is 19.1. The summed E-state index contributed by atoms with van der Waals surface area (Å²) >= 11 is 0. The first-order valence-electron chi connectivity index (χ1n) is 26.7. The lowest BCUT2D eigenvalue weighted by atomic mass is 9.97. The Morgan fingerprint density at radius 3 is 1.48 bits per heavy atom. The molecule has 2 aliphatic heterocycles. The van der Waals surface area contributed by atoms with Gasteiger partial charge in [0.25, 0.3) is 5.91 Å². The molecule has 0 atom stereocenters. The van der Waals surface area contributed by atoms with Crippen molar-refractivity contribution in [2.75, 3.05) is 85.9 Å². The van der Waals surface area contributed by atoms with E-state index in [0.29, 0.717) is 88.0 Å². The van der Waals surface area contributed by atoms with Gasteiger partial charge >= 0.3 is 18.0 Å². The van der Waals surface area contributed by atoms with Crippen molar-refractivity contribution in [1.82, 2.24) is 45.4 Å². The Bertz CT molecular complexity index is 3970. The highest BCUT2D eigenvalue weighted by Crippen LogP contribution is 2.41. The lowest BCUT2D eigenvalue weighted by Crippen LogP contribution is -2.43. The first kappa shape index (κ1) is 62.0. The molecule has 10 rings (SSSR count). The van der Waals surface area contributed by atoms with Crippen molar-refractivity contribution in [1.29, 1.82) is 10.5 Å². The summed E-state index contributed by atoms with van der Waals surface area (Å²) in [5.74, 6) is -4.45. The topological polar surface area (TPSA) is 300 Å². The number of aromatic carboxylic acids is 1. The van der Waals surface area contributed by atoms with Crippen LogP contribution in [0.3, 0.4) is 0 Å². The highest BCUT2D eigenvalue weighted by molar-refractivity contribution is 6.06. The number of urea groups is 2. The van der Waals surface area contributed by atoms with Crippen LogP contribution >= 0.6 is 0 Å². The summed E-state index contributed by atoms with van der Waals surface area (Å²) in [5.41, 5.74) is 10.2. The number of nitrogen functional groups attached to an aromatic ring is 1. The lowest BCUT2D eigenvalue weighted by molar-refractivity contribution is 0.0696. The molecule has 444 valence electrons. The van der Waals surface area contributed by atoms with Crippen LogP contribution in [0.5, 0.6) is 0 Å². The SMILES string of the molecule is Cc1ccc(C(=O)Nc2ccc(C#N)cc2)cc1-c1nc(NCCN(C)C)nc2c1CNC(=O)N2c1c(F)cccc1F.Cc1ccc(C(=O)O)cc1-c1nc(NCCN(C)C)nc2c1CNC(=O)N2c1c(F)cccc1F.N#Cc1ccc(N)nc1. The molecule has 0 aliphatic carbocycles. The summed E-state index contributed by atoms with van der Waals surface area (Å²) in [7, 11) is 7.61. The number of fused-ring (bicyclic) bond motifs is 2. The van der Waals surface area contributed by atoms with Crippen LogP contribution < -0.4 is 42.1 Å². The zero-order valence-electron chi connectivity index (χ0n) is 47.8. The van der Waals surface area contributed by atoms with Crippen LogP contribution in [0.4, 0.5) is 73.6 Å². The number of pyridine rings is 1. The molecule has 5 aromatic carbocycles. The number of rotatable bonds is 15. The molecular weight excluding hydrogens is 1130 g/mol. The Kier molecular flexibility index (Phi) is 19.6. The van der Waals surface area contributed by atoms with Crippen LogP contribution in [0.2, 0.25) is 0 Å². The molecule has 0 fully saturated rings. The zero-order chi connectivity index (χ0) is 62.6. The van der Waals surface area contributed by atoms with Gasteiger partial charge in [-0.2, -0.15) is 20.5 Å². The predicted molar refractivity (Wildman–Crippen MR) is 319 cm³/mol. The van der Waals surface area contributed by atoms with Crippen LogP contribution in [0.15, 0.2) is 115 Å². The maximum absolute atomic E-state index is 15.0. The number of hydrogen-bond donors (Lipinski definition) is 7. The third kappa shape index (κ3) is 14.6. The van der Waals surface area contributed by atoms with E-state index in [1.54, 1.807) is 67.6 Å². The van der Waals surface area contributed by atoms with Crippen molar-refractivity contribution in [3.63, 3.8) is 0 Å². The highest BCUT2D eigenvalue weighted by Gasteiger charge is 2.36. The Labute approximate surface area is 497 Å². The lowest BCUT2D eigenvalue weighted by Gasteiger charge is -2.31. The number of halogens is 4. The molecule has 5 heterocycles. The van der Waals surface area contributed by atoms with E-state index >= 15 is 0 Å². The normalized spacial score (nSPS) is 12.2. The van der Waals surface area contributed by atoms with E-state index in [-0.39, 0.29) is 48.1 Å². The van der Waals surface area contributed by atoms with Crippen molar-refractivity contribution in [3.8, 4) is 34.7 Å². The third-order valence-corrected chi connectivity index (χ3v) is 13.3. The molecule has 26 heteroatoms. The molecule has 0 saturated heterocycles. The molecule has 0 spiro atoms. The number of anilines is 8. The van der Waals surface area contributed by atoms with E-state index in [4.69, 9.17) is 21.2 Å². The van der Waals surface area contributed by atoms with Gasteiger partial charge in [-0.1, -0.05) is 24.3 Å². The first-order chi connectivity index (χ1) is 41.6. The minimum Gasteiger partial charge on any atom is -0.478 e. The maximum Gasteiger partial charge on any atom is 0.335 e. The number of carbonyl (C=O) groups excluding carboxylic acids is 3. The monoisotopic (exact) mass is 1180 g/mol. The van der Waals surface area contributed by atoms with E-state index in [1.165, 1.54) is 30.5 Å². The fourth-order valence-corrected chi connectivity index (χ4v) is 8.86. The van der Waals surface area contributed by atoms with Gasteiger partial charge in [0.2, 0.25) is 11.9 Å². The van der Waals surface area contributed by atoms with Gasteiger partial charge < -0.3 is 47.2 Å². The maximum atomic E-state index is 15.0. The van der Waals surface area contributed by atoms with Crippen LogP contribution in [0, 0.1) is 59.8 Å². The van der Waals surface area contributed by atoms with Crippen LogP contribution in [-0.4, -0.2) is 118 Å². The van der Waals surface area contributed by atoms with Crippen LogP contribution in [-0.2, 0) is 13.1 Å². The summed E-state index contributed by atoms with van der Waals surface area (Å²) in [5, 5.41) is 41.2. The number of carbonyl (C=O) groups is 4. The third-order valence-electron chi connectivity index (χ3n) is 13.3. The number of aryl methyl sites for hydroxylation is 2. The Hall–Kier alpha value is -11.1. The number of aromatic nitrogens is 5. The summed E-state index contributed by atoms with van der Waals surface area (Å²) in [4.78, 5) is 78.4. The average Bonchev–Trinajstić information content (AvgIpc) is 0.852. The van der Waals surface area contributed by atoms with Gasteiger partial charge in [-0.15, -0.1) is 0 Å². The quantitative estimate of drug-likeness (QED) is 0.0470. The molecule has 0 bridgehead atoms. The van der Waals surface area contributed by atoms with Crippen molar-refractivity contribution in [2.24, 2.45) is 0 Å². The second-order valence-corrected chi connectivity index (χ2v) is 20.1. The number of amides is 5. The second kappa shape index (κ2) is 27.5. The first-order valence-corrected chi connectivity index (χ1v) is 26.7. The summed E-state index contributed by atoms with van der Waals surface area (Å²) in [6, 6.07) is 28.6. The van der Waals surface area contributed by atoms with Crippen molar-refractivity contribution >= 4 is 70.4 Å². The van der Waals surface area contributed by atoms with Gasteiger partial charge in [0, 0.05) is 65.9 Å². The van der Waals surface area contributed by atoms with E-state index in [2.05, 4.69) is 46.5 Å². The Balaban J connectivity index is 0.000000200. The van der Waals surface area contributed by atoms with E-state index in [0.717, 1.165) is 45.2 Å². The number of carboxylic acid groups (broad SMARTS) is 1. The fraction of sp³-hybridized carbons (Fsp3) is 0.197. The van der Waals surface area contributed by atoms with Crippen molar-refractivity contribution in [3.05, 3.63) is 183 Å². The van der Waals surface area contributed by atoms with E-state index in [9.17, 15) is 41.8 Å². The number of likely N-dealkylation sites (N-methyl/N-ethyl adjacent to an activating group) is 2. The average molecular weight is 1180 g/mol. The van der Waals surface area contributed by atoms with Crippen molar-refractivity contribution in [2.45, 2.75) is 26.9 Å². The van der Waals surface area contributed by atoms with E-state index in [1.807, 2.05) is 57.1 Å².